The molecule has 0 unspecified atom stereocenters. The van der Waals surface area contributed by atoms with Crippen molar-refractivity contribution in [3.63, 3.8) is 0 Å². The Balaban J connectivity index is 2.62. The van der Waals surface area contributed by atoms with Crippen LogP contribution in [0.5, 0.6) is 0 Å². The van der Waals surface area contributed by atoms with Crippen LogP contribution in [-0.4, -0.2) is 41.5 Å². The predicted molar refractivity (Wildman–Crippen MR) is 82.1 cm³/mol. The summed E-state index contributed by atoms with van der Waals surface area (Å²) in [5.74, 6) is -1.24. The number of carbonyl (C=O) groups is 2. The molecule has 0 fully saturated rings. The van der Waals surface area contributed by atoms with Gasteiger partial charge in [-0.05, 0) is 31.2 Å². The topological polar surface area (TPSA) is 69.6 Å². The zero-order valence-electron chi connectivity index (χ0n) is 11.0. The number of hydrogen-bond acceptors (Lipinski definition) is 3. The summed E-state index contributed by atoms with van der Waals surface area (Å²) in [6, 6.07) is 5.13. The maximum atomic E-state index is 11.9. The lowest BCUT2D eigenvalue weighted by molar-refractivity contribution is -0.138. The van der Waals surface area contributed by atoms with E-state index in [1.165, 1.54) is 0 Å². The second kappa shape index (κ2) is 8.24. The average Bonchev–Trinajstić information content (AvgIpc) is 2.32. The summed E-state index contributed by atoms with van der Waals surface area (Å²) in [6.45, 7) is 2.34. The highest BCUT2D eigenvalue weighted by Gasteiger charge is 2.14. The standard InChI is InChI=1S/C13H16BrClN2O3/c1-2-5-17(8-13(19)20)7-12(18)16-11-4-3-9(14)6-10(11)15/h3-4,6H,2,5,7-8H2,1H3,(H,16,18)(H,19,20). The van der Waals surface area contributed by atoms with Gasteiger partial charge < -0.3 is 10.4 Å². The van der Waals surface area contributed by atoms with Gasteiger partial charge in [0, 0.05) is 4.47 Å². The molecule has 0 aliphatic carbocycles. The number of hydrogen-bond donors (Lipinski definition) is 2. The van der Waals surface area contributed by atoms with E-state index in [1.54, 1.807) is 23.1 Å². The first-order valence-electron chi connectivity index (χ1n) is 6.11. The van der Waals surface area contributed by atoms with E-state index in [0.717, 1.165) is 10.9 Å². The molecule has 1 amide bonds. The van der Waals surface area contributed by atoms with Crippen LogP contribution in [0, 0.1) is 0 Å². The SMILES string of the molecule is CCCN(CC(=O)O)CC(=O)Nc1ccc(Br)cc1Cl. The van der Waals surface area contributed by atoms with Crippen molar-refractivity contribution in [2.75, 3.05) is 25.0 Å². The van der Waals surface area contributed by atoms with Gasteiger partial charge in [0.25, 0.3) is 0 Å². The largest absolute Gasteiger partial charge is 0.480 e. The van der Waals surface area contributed by atoms with Gasteiger partial charge in [0.05, 0.1) is 23.8 Å². The summed E-state index contributed by atoms with van der Waals surface area (Å²) < 4.78 is 0.819. The number of rotatable bonds is 7. The Hall–Kier alpha value is -1.11. The molecule has 110 valence electrons. The van der Waals surface area contributed by atoms with Crippen LogP contribution in [0.3, 0.4) is 0 Å². The Kier molecular flexibility index (Phi) is 6.98. The van der Waals surface area contributed by atoms with Crippen LogP contribution in [0.4, 0.5) is 5.69 Å². The van der Waals surface area contributed by atoms with E-state index in [1.807, 2.05) is 6.92 Å². The molecule has 0 aromatic heterocycles. The average molecular weight is 364 g/mol. The highest BCUT2D eigenvalue weighted by atomic mass is 79.9. The number of halogens is 2. The smallest absolute Gasteiger partial charge is 0.317 e. The van der Waals surface area contributed by atoms with Gasteiger partial charge in [-0.3, -0.25) is 14.5 Å². The van der Waals surface area contributed by atoms with Crippen molar-refractivity contribution in [2.24, 2.45) is 0 Å². The number of nitrogens with one attached hydrogen (secondary N) is 1. The van der Waals surface area contributed by atoms with Crippen molar-refractivity contribution in [1.82, 2.24) is 4.90 Å². The monoisotopic (exact) mass is 362 g/mol. The number of carbonyl (C=O) groups excluding carboxylic acids is 1. The Morgan fingerprint density at radius 2 is 2.10 bits per heavy atom. The predicted octanol–water partition coefficient (Wildman–Crippen LogP) is 2.84. The molecule has 5 nitrogen and oxygen atoms in total. The van der Waals surface area contributed by atoms with E-state index in [4.69, 9.17) is 16.7 Å². The first kappa shape index (κ1) is 16.9. The van der Waals surface area contributed by atoms with Crippen molar-refractivity contribution in [3.05, 3.63) is 27.7 Å². The van der Waals surface area contributed by atoms with Gasteiger partial charge in [0.15, 0.2) is 0 Å². The van der Waals surface area contributed by atoms with Crippen molar-refractivity contribution in [3.8, 4) is 0 Å². The summed E-state index contributed by atoms with van der Waals surface area (Å²) in [4.78, 5) is 24.2. The molecule has 0 atom stereocenters. The summed E-state index contributed by atoms with van der Waals surface area (Å²) in [7, 11) is 0. The minimum atomic E-state index is -0.951. The number of carboxylic acids is 1. The lowest BCUT2D eigenvalue weighted by atomic mass is 10.3. The lowest BCUT2D eigenvalue weighted by Crippen LogP contribution is -2.37. The summed E-state index contributed by atoms with van der Waals surface area (Å²) in [6.07, 6.45) is 0.777. The lowest BCUT2D eigenvalue weighted by Gasteiger charge is -2.19. The second-order valence-corrected chi connectivity index (χ2v) is 5.60. The highest BCUT2D eigenvalue weighted by Crippen LogP contribution is 2.25. The zero-order valence-corrected chi connectivity index (χ0v) is 13.4. The van der Waals surface area contributed by atoms with Crippen LogP contribution in [0.15, 0.2) is 22.7 Å². The van der Waals surface area contributed by atoms with Crippen molar-refractivity contribution >= 4 is 45.1 Å². The quantitative estimate of drug-likeness (QED) is 0.781. The van der Waals surface area contributed by atoms with Gasteiger partial charge in [-0.15, -0.1) is 0 Å². The third-order valence-corrected chi connectivity index (χ3v) is 3.28. The van der Waals surface area contributed by atoms with Gasteiger partial charge in [0.1, 0.15) is 0 Å². The van der Waals surface area contributed by atoms with Crippen LogP contribution < -0.4 is 5.32 Å². The van der Waals surface area contributed by atoms with E-state index < -0.39 is 5.97 Å². The molecule has 1 aromatic rings. The summed E-state index contributed by atoms with van der Waals surface area (Å²) in [5.41, 5.74) is 0.506. The molecular formula is C13H16BrClN2O3. The third-order valence-electron chi connectivity index (χ3n) is 2.47. The molecule has 0 aliphatic heterocycles. The molecule has 1 aromatic carbocycles. The highest BCUT2D eigenvalue weighted by molar-refractivity contribution is 9.10. The number of anilines is 1. The molecule has 2 N–H and O–H groups in total. The molecule has 0 spiro atoms. The number of aliphatic carboxylic acids is 1. The molecule has 20 heavy (non-hydrogen) atoms. The normalized spacial score (nSPS) is 10.6. The van der Waals surface area contributed by atoms with Gasteiger partial charge in [-0.2, -0.15) is 0 Å². The van der Waals surface area contributed by atoms with E-state index in [9.17, 15) is 9.59 Å². The maximum Gasteiger partial charge on any atom is 0.317 e. The Bertz CT molecular complexity index is 497. The van der Waals surface area contributed by atoms with Crippen molar-refractivity contribution in [1.29, 1.82) is 0 Å². The fraction of sp³-hybridized carbons (Fsp3) is 0.385. The molecule has 0 bridgehead atoms. The second-order valence-electron chi connectivity index (χ2n) is 4.28. The first-order chi connectivity index (χ1) is 9.42. The minimum absolute atomic E-state index is 0.0204. The van der Waals surface area contributed by atoms with Crippen molar-refractivity contribution < 1.29 is 14.7 Å². The van der Waals surface area contributed by atoms with Crippen LogP contribution in [0.2, 0.25) is 5.02 Å². The number of amides is 1. The molecule has 0 radical (unpaired) electrons. The number of benzene rings is 1. The molecule has 0 aliphatic rings. The van der Waals surface area contributed by atoms with Gasteiger partial charge in [0.2, 0.25) is 5.91 Å². The zero-order chi connectivity index (χ0) is 15.1. The Labute approximate surface area is 131 Å². The minimum Gasteiger partial charge on any atom is -0.480 e. The van der Waals surface area contributed by atoms with E-state index in [0.29, 0.717) is 17.3 Å². The fourth-order valence-corrected chi connectivity index (χ4v) is 2.43. The van der Waals surface area contributed by atoms with Crippen LogP contribution in [0.25, 0.3) is 0 Å². The Morgan fingerprint density at radius 1 is 1.40 bits per heavy atom. The molecule has 0 saturated heterocycles. The molecular weight excluding hydrogens is 348 g/mol. The number of carboxylic acid groups (broad SMARTS) is 1. The van der Waals surface area contributed by atoms with Crippen molar-refractivity contribution in [2.45, 2.75) is 13.3 Å². The molecule has 0 heterocycles. The fourth-order valence-electron chi connectivity index (χ4n) is 1.71. The van der Waals surface area contributed by atoms with Crippen LogP contribution in [0.1, 0.15) is 13.3 Å². The Morgan fingerprint density at radius 3 is 2.65 bits per heavy atom. The maximum absolute atomic E-state index is 11.9. The van der Waals surface area contributed by atoms with E-state index in [-0.39, 0.29) is 19.0 Å². The van der Waals surface area contributed by atoms with Crippen LogP contribution >= 0.6 is 27.5 Å². The van der Waals surface area contributed by atoms with Gasteiger partial charge >= 0.3 is 5.97 Å². The summed E-state index contributed by atoms with van der Waals surface area (Å²) >= 11 is 9.28. The van der Waals surface area contributed by atoms with Crippen LogP contribution in [-0.2, 0) is 9.59 Å². The van der Waals surface area contributed by atoms with Gasteiger partial charge in [-0.25, -0.2) is 0 Å². The molecule has 0 saturated carbocycles. The number of nitrogens with zero attached hydrogens (tertiary/aromatic N) is 1. The first-order valence-corrected chi connectivity index (χ1v) is 7.28. The van der Waals surface area contributed by atoms with E-state index >= 15 is 0 Å². The summed E-state index contributed by atoms with van der Waals surface area (Å²) in [5, 5.41) is 11.9. The molecule has 1 rings (SSSR count). The molecule has 7 heteroatoms. The third kappa shape index (κ3) is 5.90. The van der Waals surface area contributed by atoms with E-state index in [2.05, 4.69) is 21.2 Å². The van der Waals surface area contributed by atoms with Gasteiger partial charge in [-0.1, -0.05) is 34.5 Å².